The lowest BCUT2D eigenvalue weighted by atomic mass is 9.90. The molecule has 0 radical (unpaired) electrons. The quantitative estimate of drug-likeness (QED) is 0.603. The Hall–Kier alpha value is -0.850. The molecule has 1 aliphatic rings. The Morgan fingerprint density at radius 3 is 2.38 bits per heavy atom. The lowest BCUT2D eigenvalue weighted by molar-refractivity contribution is -0.113. The Morgan fingerprint density at radius 1 is 1.46 bits per heavy atom. The molecule has 0 spiro atoms. The summed E-state index contributed by atoms with van der Waals surface area (Å²) in [5.74, 6) is 0.739. The highest BCUT2D eigenvalue weighted by molar-refractivity contribution is 5.94. The predicted octanol–water partition coefficient (Wildman–Crippen LogP) is 3.51. The van der Waals surface area contributed by atoms with Crippen LogP contribution in [0.15, 0.2) is 23.3 Å². The summed E-state index contributed by atoms with van der Waals surface area (Å²) in [5.41, 5.74) is 2.19. The highest BCUT2D eigenvalue weighted by Gasteiger charge is 2.11. The Morgan fingerprint density at radius 2 is 2.00 bits per heavy atom. The Kier molecular flexibility index (Phi) is 5.36. The van der Waals surface area contributed by atoms with Crippen molar-refractivity contribution >= 4 is 5.78 Å². The second-order valence-electron chi connectivity index (χ2n) is 3.32. The summed E-state index contributed by atoms with van der Waals surface area (Å²) in [6, 6.07) is 0. The van der Waals surface area contributed by atoms with Gasteiger partial charge in [-0.2, -0.15) is 0 Å². The third-order valence-corrected chi connectivity index (χ3v) is 1.94. The first-order valence-electron chi connectivity index (χ1n) is 4.99. The molecular weight excluding hydrogens is 160 g/mol. The maximum atomic E-state index is 11.0. The van der Waals surface area contributed by atoms with Crippen LogP contribution in [0.3, 0.4) is 0 Å². The summed E-state index contributed by atoms with van der Waals surface area (Å²) in [7, 11) is 0. The number of ketones is 1. The molecule has 0 aromatic heterocycles. The van der Waals surface area contributed by atoms with E-state index in [0.717, 1.165) is 12.0 Å². The zero-order chi connectivity index (χ0) is 10.4. The van der Waals surface area contributed by atoms with Gasteiger partial charge < -0.3 is 0 Å². The van der Waals surface area contributed by atoms with Crippen LogP contribution in [0, 0.1) is 5.92 Å². The molecule has 74 valence electrons. The number of rotatable bonds is 1. The standard InChI is InChI=1S/C10H14O.C2H6/c1-7-4-8(2)6-10(5-7)9(3)11;1-2/h4-5,8H,6H2,1-3H3;1-2H3. The molecule has 0 aliphatic heterocycles. The van der Waals surface area contributed by atoms with Crippen molar-refractivity contribution in [3.05, 3.63) is 23.3 Å². The molecule has 0 saturated carbocycles. The zero-order valence-electron chi connectivity index (χ0n) is 9.35. The van der Waals surface area contributed by atoms with Crippen molar-refractivity contribution in [1.82, 2.24) is 0 Å². The fourth-order valence-electron chi connectivity index (χ4n) is 1.48. The van der Waals surface area contributed by atoms with E-state index in [1.807, 2.05) is 26.8 Å². The van der Waals surface area contributed by atoms with E-state index in [1.54, 1.807) is 6.92 Å². The van der Waals surface area contributed by atoms with Crippen LogP contribution in [0.25, 0.3) is 0 Å². The minimum Gasteiger partial charge on any atom is -0.295 e. The number of carbonyl (C=O) groups is 1. The van der Waals surface area contributed by atoms with Crippen LogP contribution in [0.4, 0.5) is 0 Å². The van der Waals surface area contributed by atoms with E-state index >= 15 is 0 Å². The highest BCUT2D eigenvalue weighted by Crippen LogP contribution is 2.22. The molecule has 0 bridgehead atoms. The van der Waals surface area contributed by atoms with Gasteiger partial charge in [0.15, 0.2) is 5.78 Å². The summed E-state index contributed by atoms with van der Waals surface area (Å²) < 4.78 is 0. The van der Waals surface area contributed by atoms with Gasteiger partial charge in [-0.05, 0) is 31.8 Å². The molecular formula is C12H20O. The molecule has 0 aromatic carbocycles. The van der Waals surface area contributed by atoms with Crippen LogP contribution in [-0.4, -0.2) is 5.78 Å². The van der Waals surface area contributed by atoms with Crippen LogP contribution in [-0.2, 0) is 4.79 Å². The Bertz CT molecular complexity index is 234. The van der Waals surface area contributed by atoms with Crippen LogP contribution in [0.2, 0.25) is 0 Å². The van der Waals surface area contributed by atoms with Crippen molar-refractivity contribution in [2.45, 2.75) is 41.0 Å². The first kappa shape index (κ1) is 12.2. The second-order valence-corrected chi connectivity index (χ2v) is 3.32. The minimum atomic E-state index is 0.212. The number of allylic oxidation sites excluding steroid dienone is 4. The van der Waals surface area contributed by atoms with Crippen LogP contribution < -0.4 is 0 Å². The first-order chi connectivity index (χ1) is 6.09. The average molecular weight is 180 g/mol. The van der Waals surface area contributed by atoms with Crippen molar-refractivity contribution in [3.8, 4) is 0 Å². The SMILES string of the molecule is CC.CC(=O)C1=CC(C)=CC(C)C1. The van der Waals surface area contributed by atoms with Crippen LogP contribution in [0.5, 0.6) is 0 Å². The number of Topliss-reactive ketones (excluding diaryl/α,β-unsaturated/α-hetero) is 1. The zero-order valence-corrected chi connectivity index (χ0v) is 9.35. The molecule has 0 heterocycles. The van der Waals surface area contributed by atoms with Crippen LogP contribution >= 0.6 is 0 Å². The molecule has 1 atom stereocenters. The van der Waals surface area contributed by atoms with E-state index < -0.39 is 0 Å². The van der Waals surface area contributed by atoms with Crippen molar-refractivity contribution in [2.75, 3.05) is 0 Å². The average Bonchev–Trinajstić information content (AvgIpc) is 2.06. The lowest BCUT2D eigenvalue weighted by Gasteiger charge is -2.14. The topological polar surface area (TPSA) is 17.1 Å². The number of carbonyl (C=O) groups excluding carboxylic acids is 1. The van der Waals surface area contributed by atoms with E-state index in [0.29, 0.717) is 5.92 Å². The monoisotopic (exact) mass is 180 g/mol. The van der Waals surface area contributed by atoms with Gasteiger partial charge in [-0.3, -0.25) is 4.79 Å². The summed E-state index contributed by atoms with van der Waals surface area (Å²) in [6.45, 7) is 9.81. The largest absolute Gasteiger partial charge is 0.295 e. The van der Waals surface area contributed by atoms with Crippen molar-refractivity contribution in [2.24, 2.45) is 5.92 Å². The third-order valence-electron chi connectivity index (χ3n) is 1.94. The second kappa shape index (κ2) is 5.74. The van der Waals surface area contributed by atoms with Gasteiger partial charge in [0.05, 0.1) is 0 Å². The van der Waals surface area contributed by atoms with Gasteiger partial charge in [-0.1, -0.05) is 38.5 Å². The molecule has 1 aliphatic carbocycles. The van der Waals surface area contributed by atoms with E-state index in [1.165, 1.54) is 5.57 Å². The molecule has 1 unspecified atom stereocenters. The molecule has 0 aromatic rings. The van der Waals surface area contributed by atoms with E-state index in [-0.39, 0.29) is 5.78 Å². The molecule has 0 saturated heterocycles. The maximum Gasteiger partial charge on any atom is 0.155 e. The fourth-order valence-corrected chi connectivity index (χ4v) is 1.48. The predicted molar refractivity (Wildman–Crippen MR) is 57.7 cm³/mol. The molecule has 0 amide bonds. The summed E-state index contributed by atoms with van der Waals surface area (Å²) in [5, 5.41) is 0. The van der Waals surface area contributed by atoms with Gasteiger partial charge in [0.25, 0.3) is 0 Å². The Balaban J connectivity index is 0.000000671. The van der Waals surface area contributed by atoms with E-state index in [9.17, 15) is 4.79 Å². The van der Waals surface area contributed by atoms with E-state index in [2.05, 4.69) is 13.0 Å². The lowest BCUT2D eigenvalue weighted by Crippen LogP contribution is -2.06. The van der Waals surface area contributed by atoms with Crippen molar-refractivity contribution in [3.63, 3.8) is 0 Å². The number of hydrogen-bond donors (Lipinski definition) is 0. The number of hydrogen-bond acceptors (Lipinski definition) is 1. The summed E-state index contributed by atoms with van der Waals surface area (Å²) in [4.78, 5) is 11.0. The smallest absolute Gasteiger partial charge is 0.155 e. The first-order valence-corrected chi connectivity index (χ1v) is 4.99. The summed E-state index contributed by atoms with van der Waals surface area (Å²) in [6.07, 6.45) is 5.10. The van der Waals surface area contributed by atoms with Gasteiger partial charge in [0.1, 0.15) is 0 Å². The highest BCUT2D eigenvalue weighted by atomic mass is 16.1. The third kappa shape index (κ3) is 4.07. The molecule has 1 rings (SSSR count). The van der Waals surface area contributed by atoms with Gasteiger partial charge in [-0.25, -0.2) is 0 Å². The molecule has 1 nitrogen and oxygen atoms in total. The normalized spacial score (nSPS) is 20.8. The van der Waals surface area contributed by atoms with Crippen LogP contribution in [0.1, 0.15) is 41.0 Å². The maximum absolute atomic E-state index is 11.0. The Labute approximate surface area is 81.5 Å². The van der Waals surface area contributed by atoms with Gasteiger partial charge in [0.2, 0.25) is 0 Å². The van der Waals surface area contributed by atoms with Gasteiger partial charge >= 0.3 is 0 Å². The van der Waals surface area contributed by atoms with Crippen molar-refractivity contribution < 1.29 is 4.79 Å². The molecule has 1 heteroatoms. The van der Waals surface area contributed by atoms with E-state index in [4.69, 9.17) is 0 Å². The fraction of sp³-hybridized carbons (Fsp3) is 0.583. The van der Waals surface area contributed by atoms with Gasteiger partial charge in [0, 0.05) is 0 Å². The van der Waals surface area contributed by atoms with Crippen molar-refractivity contribution in [1.29, 1.82) is 0 Å². The summed E-state index contributed by atoms with van der Waals surface area (Å²) >= 11 is 0. The molecule has 13 heavy (non-hydrogen) atoms. The minimum absolute atomic E-state index is 0.212. The van der Waals surface area contributed by atoms with Gasteiger partial charge in [-0.15, -0.1) is 0 Å². The molecule has 0 N–H and O–H groups in total. The molecule has 0 fully saturated rings.